The van der Waals surface area contributed by atoms with Gasteiger partial charge < -0.3 is 9.13 Å². The van der Waals surface area contributed by atoms with Crippen LogP contribution in [0.25, 0.3) is 99.5 Å². The molecule has 0 amide bonds. The molecule has 0 radical (unpaired) electrons. The number of aryl methyl sites for hydroxylation is 2. The van der Waals surface area contributed by atoms with Crippen LogP contribution >= 0.6 is 0 Å². The quantitative estimate of drug-likeness (QED) is 0.153. The van der Waals surface area contributed by atoms with Gasteiger partial charge in [0.05, 0.1) is 56.2 Å². The molecular weight excluding hydrogens is 865 g/mol. The molecule has 0 unspecified atom stereocenters. The topological polar surface area (TPSA) is 33.6 Å². The molecule has 330 valence electrons. The number of para-hydroxylation sites is 2. The number of hydrogen-bond acceptors (Lipinski definition) is 1. The van der Waals surface area contributed by atoms with E-state index in [0.717, 1.165) is 83.1 Å². The van der Waals surface area contributed by atoms with Crippen molar-refractivity contribution in [1.82, 2.24) is 9.13 Å². The fourth-order valence-corrected chi connectivity index (χ4v) is 9.80. The lowest BCUT2D eigenvalue weighted by Crippen LogP contribution is -2.13. The van der Waals surface area contributed by atoms with E-state index in [9.17, 15) is 18.4 Å². The van der Waals surface area contributed by atoms with Gasteiger partial charge in [-0.25, -0.2) is 0 Å². The Morgan fingerprint density at radius 2 is 0.868 bits per heavy atom. The third-order valence-electron chi connectivity index (χ3n) is 13.0. The molecule has 0 spiro atoms. The minimum absolute atomic E-state index is 0.00266. The Kier molecular flexibility index (Phi) is 9.90. The molecule has 11 rings (SSSR count). The van der Waals surface area contributed by atoms with Crippen LogP contribution in [-0.4, -0.2) is 9.13 Å². The lowest BCUT2D eigenvalue weighted by molar-refractivity contribution is -0.142. The summed E-state index contributed by atoms with van der Waals surface area (Å²) < 4.78 is 92.8. The lowest BCUT2D eigenvalue weighted by Gasteiger charge is -2.24. The van der Waals surface area contributed by atoms with E-state index in [1.807, 2.05) is 114 Å². The minimum Gasteiger partial charge on any atom is -0.309 e. The van der Waals surface area contributed by atoms with Gasteiger partial charge in [0.15, 0.2) is 0 Å². The van der Waals surface area contributed by atoms with Crippen molar-refractivity contribution in [2.24, 2.45) is 0 Å². The molecule has 0 atom stereocenters. The molecule has 11 aromatic rings. The fraction of sp³-hybridized carbons (Fsp3) is 0.0678. The van der Waals surface area contributed by atoms with E-state index in [2.05, 4.69) is 54.6 Å². The summed E-state index contributed by atoms with van der Waals surface area (Å²) in [5.41, 5.74) is 7.53. The third kappa shape index (κ3) is 6.99. The number of rotatable bonds is 6. The molecule has 0 aliphatic carbocycles. The fourth-order valence-electron chi connectivity index (χ4n) is 9.80. The SMILES string of the molecule is Cc1ccc(-c2ccc3c(c2)c2ccccc2n3-c2cccc(C#N)c2-c2c(-c3ccc(C(F)(F)F)cc3C(F)(F)F)cccc2-n2c3ccccc3c3cc(-c4ccc(C)cc4)ccc32)cc1. The Labute approximate surface area is 387 Å². The van der Waals surface area contributed by atoms with Crippen LogP contribution in [0.15, 0.2) is 188 Å². The molecule has 0 N–H and O–H groups in total. The standard InChI is InChI=1S/C59H37F6N3/c1-35-17-21-37(22-18-35)39-25-29-52-47(31-39)44-10-3-5-13-50(44)67(52)54-15-7-9-41(34-66)56(54)57-46(43-28-27-42(58(60,61)62)33-49(43)59(63,64)65)12-8-16-55(57)68-51-14-6-4-11-45(51)48-32-40(26-30-53(48)68)38-23-19-36(2)20-24-38/h3-33H,1-2H3. The molecule has 2 aromatic heterocycles. The van der Waals surface area contributed by atoms with Crippen molar-refractivity contribution in [3.8, 4) is 62.0 Å². The molecule has 0 saturated carbocycles. The van der Waals surface area contributed by atoms with Crippen LogP contribution in [0.2, 0.25) is 0 Å². The van der Waals surface area contributed by atoms with E-state index in [-0.39, 0.29) is 22.8 Å². The highest BCUT2D eigenvalue weighted by Gasteiger charge is 2.39. The number of aromatic nitrogens is 2. The number of hydrogen-bond donors (Lipinski definition) is 0. The van der Waals surface area contributed by atoms with Gasteiger partial charge in [0.1, 0.15) is 0 Å². The number of nitrogens with zero attached hydrogens (tertiary/aromatic N) is 3. The van der Waals surface area contributed by atoms with Gasteiger partial charge in [-0.15, -0.1) is 0 Å². The highest BCUT2D eigenvalue weighted by atomic mass is 19.4. The van der Waals surface area contributed by atoms with Gasteiger partial charge in [0.2, 0.25) is 0 Å². The van der Waals surface area contributed by atoms with Crippen molar-refractivity contribution in [1.29, 1.82) is 5.26 Å². The molecule has 68 heavy (non-hydrogen) atoms. The minimum atomic E-state index is -5.19. The molecule has 9 aromatic carbocycles. The van der Waals surface area contributed by atoms with Crippen LogP contribution in [0, 0.1) is 25.2 Å². The van der Waals surface area contributed by atoms with E-state index >= 15 is 13.2 Å². The zero-order chi connectivity index (χ0) is 47.1. The first-order chi connectivity index (χ1) is 32.8. The average Bonchev–Trinajstić information content (AvgIpc) is 3.85. The van der Waals surface area contributed by atoms with E-state index in [0.29, 0.717) is 23.0 Å². The van der Waals surface area contributed by atoms with Gasteiger partial charge in [-0.3, -0.25) is 0 Å². The molecule has 9 heteroatoms. The Hall–Kier alpha value is -8.35. The van der Waals surface area contributed by atoms with Crippen LogP contribution in [0.5, 0.6) is 0 Å². The van der Waals surface area contributed by atoms with Crippen molar-refractivity contribution < 1.29 is 26.3 Å². The van der Waals surface area contributed by atoms with E-state index in [1.165, 1.54) is 6.07 Å². The zero-order valence-corrected chi connectivity index (χ0v) is 36.5. The van der Waals surface area contributed by atoms with Gasteiger partial charge in [0.25, 0.3) is 0 Å². The maximum Gasteiger partial charge on any atom is 0.417 e. The number of alkyl halides is 6. The number of nitriles is 1. The largest absolute Gasteiger partial charge is 0.417 e. The Morgan fingerprint density at radius 3 is 1.37 bits per heavy atom. The summed E-state index contributed by atoms with van der Waals surface area (Å²) in [6, 6.07) is 58.5. The van der Waals surface area contributed by atoms with Gasteiger partial charge in [-0.05, 0) is 114 Å². The van der Waals surface area contributed by atoms with Crippen LogP contribution < -0.4 is 0 Å². The molecule has 2 heterocycles. The second-order valence-electron chi connectivity index (χ2n) is 17.2. The second kappa shape index (κ2) is 15.9. The summed E-state index contributed by atoms with van der Waals surface area (Å²) in [6.07, 6.45) is -10.2. The van der Waals surface area contributed by atoms with Crippen molar-refractivity contribution in [2.45, 2.75) is 26.2 Å². The summed E-state index contributed by atoms with van der Waals surface area (Å²) in [7, 11) is 0. The van der Waals surface area contributed by atoms with Crippen molar-refractivity contribution in [3.05, 3.63) is 216 Å². The molecule has 0 bridgehead atoms. The first kappa shape index (κ1) is 42.3. The number of halogens is 6. The number of fused-ring (bicyclic) bond motifs is 6. The van der Waals surface area contributed by atoms with Crippen LogP contribution in [0.3, 0.4) is 0 Å². The zero-order valence-electron chi connectivity index (χ0n) is 36.5. The molecule has 3 nitrogen and oxygen atoms in total. The van der Waals surface area contributed by atoms with E-state index in [1.54, 1.807) is 24.3 Å². The van der Waals surface area contributed by atoms with Crippen molar-refractivity contribution in [2.75, 3.05) is 0 Å². The Morgan fingerprint density at radius 1 is 0.397 bits per heavy atom. The van der Waals surface area contributed by atoms with Gasteiger partial charge in [-0.2, -0.15) is 31.6 Å². The normalized spacial score (nSPS) is 12.1. The van der Waals surface area contributed by atoms with Crippen LogP contribution in [0.4, 0.5) is 26.3 Å². The van der Waals surface area contributed by atoms with Crippen LogP contribution in [0.1, 0.15) is 27.8 Å². The first-order valence-electron chi connectivity index (χ1n) is 21.9. The first-order valence-corrected chi connectivity index (χ1v) is 21.9. The maximum absolute atomic E-state index is 15.4. The Bertz CT molecular complexity index is 3840. The summed E-state index contributed by atoms with van der Waals surface area (Å²) >= 11 is 0. The monoisotopic (exact) mass is 901 g/mol. The summed E-state index contributed by atoms with van der Waals surface area (Å²) in [4.78, 5) is 0. The molecule has 0 aliphatic heterocycles. The number of benzene rings is 9. The van der Waals surface area contributed by atoms with Gasteiger partial charge in [0, 0.05) is 32.7 Å². The van der Waals surface area contributed by atoms with Crippen LogP contribution in [-0.2, 0) is 12.4 Å². The smallest absolute Gasteiger partial charge is 0.309 e. The van der Waals surface area contributed by atoms with Gasteiger partial charge >= 0.3 is 12.4 Å². The molecular formula is C59H37F6N3. The summed E-state index contributed by atoms with van der Waals surface area (Å²) in [5, 5.41) is 14.7. The highest BCUT2D eigenvalue weighted by Crippen LogP contribution is 2.49. The molecule has 0 fully saturated rings. The van der Waals surface area contributed by atoms with Crippen molar-refractivity contribution >= 4 is 43.6 Å². The average molecular weight is 902 g/mol. The Balaban J connectivity index is 1.27. The molecule has 0 aliphatic rings. The van der Waals surface area contributed by atoms with Crippen molar-refractivity contribution in [3.63, 3.8) is 0 Å². The maximum atomic E-state index is 15.4. The molecule has 0 saturated heterocycles. The van der Waals surface area contributed by atoms with Gasteiger partial charge in [-0.1, -0.05) is 132 Å². The summed E-state index contributed by atoms with van der Waals surface area (Å²) in [5.74, 6) is 0. The summed E-state index contributed by atoms with van der Waals surface area (Å²) in [6.45, 7) is 4.05. The van der Waals surface area contributed by atoms with E-state index in [4.69, 9.17) is 0 Å². The second-order valence-corrected chi connectivity index (χ2v) is 17.2. The lowest BCUT2D eigenvalue weighted by atomic mass is 9.86. The third-order valence-corrected chi connectivity index (χ3v) is 13.0. The predicted octanol–water partition coefficient (Wildman–Crippen LogP) is 17.1. The highest BCUT2D eigenvalue weighted by molar-refractivity contribution is 6.13. The predicted molar refractivity (Wildman–Crippen MR) is 261 cm³/mol. The van der Waals surface area contributed by atoms with E-state index < -0.39 is 29.0 Å².